The van der Waals surface area contributed by atoms with Crippen molar-refractivity contribution in [2.24, 2.45) is 5.41 Å². The lowest BCUT2D eigenvalue weighted by Crippen LogP contribution is -2.48. The third kappa shape index (κ3) is 3.80. The minimum Gasteiger partial charge on any atom is -0.468 e. The molecule has 7 heteroatoms. The van der Waals surface area contributed by atoms with Crippen molar-refractivity contribution in [2.45, 2.75) is 19.8 Å². The number of hydrogen-bond donors (Lipinski definition) is 0. The maximum absolute atomic E-state index is 13.0. The molecule has 0 atom stereocenters. The van der Waals surface area contributed by atoms with Gasteiger partial charge in [0, 0.05) is 12.0 Å². The Balaban J connectivity index is 3.42. The van der Waals surface area contributed by atoms with Gasteiger partial charge in [-0.15, -0.1) is 0 Å². The Morgan fingerprint density at radius 1 is 1.00 bits per heavy atom. The van der Waals surface area contributed by atoms with Gasteiger partial charge in [0.1, 0.15) is 11.6 Å². The van der Waals surface area contributed by atoms with Crippen molar-refractivity contribution in [3.8, 4) is 0 Å². The Labute approximate surface area is 132 Å². The van der Waals surface area contributed by atoms with Crippen LogP contribution in [0.2, 0.25) is 0 Å². The molecule has 124 valence electrons. The van der Waals surface area contributed by atoms with E-state index >= 15 is 0 Å². The van der Waals surface area contributed by atoms with E-state index in [0.717, 1.165) is 38.5 Å². The second-order valence-corrected chi connectivity index (χ2v) is 4.93. The molecular weight excluding hydrogens is 307 g/mol. The highest BCUT2D eigenvalue weighted by Gasteiger charge is 2.55. The number of carbonyl (C=O) groups excluding carboxylic acids is 4. The zero-order chi connectivity index (χ0) is 17.6. The summed E-state index contributed by atoms with van der Waals surface area (Å²) in [6.07, 6.45) is -0.588. The predicted molar refractivity (Wildman–Crippen MR) is 77.1 cm³/mol. The van der Waals surface area contributed by atoms with Crippen molar-refractivity contribution in [2.75, 3.05) is 14.2 Å². The molecule has 0 saturated heterocycles. The summed E-state index contributed by atoms with van der Waals surface area (Å²) >= 11 is 0. The van der Waals surface area contributed by atoms with Crippen molar-refractivity contribution in [1.82, 2.24) is 0 Å². The lowest BCUT2D eigenvalue weighted by atomic mass is 9.76. The topological polar surface area (TPSA) is 86.7 Å². The standard InChI is InChI=1S/C16H17FO6/c1-10(18)8-9-16(14(20)22-2,15(21)23-3)13(19)11-4-6-12(17)7-5-11/h4-7H,8-9H2,1-3H3. The van der Waals surface area contributed by atoms with Gasteiger partial charge < -0.3 is 14.3 Å². The molecule has 0 heterocycles. The van der Waals surface area contributed by atoms with E-state index in [2.05, 4.69) is 9.47 Å². The minimum atomic E-state index is -2.30. The number of ketones is 2. The van der Waals surface area contributed by atoms with E-state index < -0.39 is 35.4 Å². The molecule has 0 amide bonds. The first-order valence-corrected chi connectivity index (χ1v) is 6.76. The number of benzene rings is 1. The van der Waals surface area contributed by atoms with Gasteiger partial charge in [0.05, 0.1) is 14.2 Å². The molecule has 0 spiro atoms. The molecule has 0 saturated carbocycles. The molecular formula is C16H17FO6. The van der Waals surface area contributed by atoms with E-state index in [1.807, 2.05) is 0 Å². The van der Waals surface area contributed by atoms with Crippen LogP contribution in [0, 0.1) is 11.2 Å². The largest absolute Gasteiger partial charge is 0.468 e. The molecule has 0 aliphatic rings. The first-order valence-electron chi connectivity index (χ1n) is 6.76. The van der Waals surface area contributed by atoms with Crippen molar-refractivity contribution in [3.05, 3.63) is 35.6 Å². The molecule has 0 radical (unpaired) electrons. The van der Waals surface area contributed by atoms with Crippen LogP contribution in [0.5, 0.6) is 0 Å². The van der Waals surface area contributed by atoms with Gasteiger partial charge in [-0.3, -0.25) is 14.4 Å². The Bertz CT molecular complexity index is 604. The number of hydrogen-bond acceptors (Lipinski definition) is 6. The van der Waals surface area contributed by atoms with Gasteiger partial charge in [-0.2, -0.15) is 0 Å². The molecule has 1 rings (SSSR count). The van der Waals surface area contributed by atoms with Crippen LogP contribution in [0.3, 0.4) is 0 Å². The molecule has 0 N–H and O–H groups in total. The van der Waals surface area contributed by atoms with Gasteiger partial charge in [0.15, 0.2) is 5.78 Å². The average Bonchev–Trinajstić information content (AvgIpc) is 2.54. The van der Waals surface area contributed by atoms with Crippen LogP contribution >= 0.6 is 0 Å². The fourth-order valence-corrected chi connectivity index (χ4v) is 2.15. The highest BCUT2D eigenvalue weighted by Crippen LogP contribution is 2.32. The van der Waals surface area contributed by atoms with E-state index in [-0.39, 0.29) is 17.8 Å². The molecule has 0 fully saturated rings. The van der Waals surface area contributed by atoms with Gasteiger partial charge >= 0.3 is 11.9 Å². The summed E-state index contributed by atoms with van der Waals surface area (Å²) in [6, 6.07) is 4.34. The summed E-state index contributed by atoms with van der Waals surface area (Å²) in [5.74, 6) is -4.04. The quantitative estimate of drug-likeness (QED) is 0.431. The van der Waals surface area contributed by atoms with Gasteiger partial charge in [0.25, 0.3) is 0 Å². The van der Waals surface area contributed by atoms with Crippen LogP contribution in [0.1, 0.15) is 30.1 Å². The van der Waals surface area contributed by atoms with Crippen LogP contribution in [0.4, 0.5) is 4.39 Å². The Morgan fingerprint density at radius 2 is 1.48 bits per heavy atom. The van der Waals surface area contributed by atoms with Crippen molar-refractivity contribution in [3.63, 3.8) is 0 Å². The van der Waals surface area contributed by atoms with Crippen molar-refractivity contribution in [1.29, 1.82) is 0 Å². The first kappa shape index (κ1) is 18.5. The number of methoxy groups -OCH3 is 2. The summed E-state index contributed by atoms with van der Waals surface area (Å²) < 4.78 is 22.2. The van der Waals surface area contributed by atoms with Crippen LogP contribution in [0.15, 0.2) is 24.3 Å². The van der Waals surface area contributed by atoms with Crippen molar-refractivity contribution >= 4 is 23.5 Å². The summed E-state index contributed by atoms with van der Waals surface area (Å²) in [4.78, 5) is 48.4. The number of rotatable bonds is 7. The molecule has 0 aromatic heterocycles. The summed E-state index contributed by atoms with van der Waals surface area (Å²) in [5.41, 5.74) is -2.36. The van der Waals surface area contributed by atoms with Gasteiger partial charge in [-0.05, 0) is 37.6 Å². The van der Waals surface area contributed by atoms with E-state index in [0.29, 0.717) is 0 Å². The third-order valence-corrected chi connectivity index (χ3v) is 3.41. The van der Waals surface area contributed by atoms with Crippen LogP contribution < -0.4 is 0 Å². The van der Waals surface area contributed by atoms with Gasteiger partial charge in [-0.1, -0.05) is 0 Å². The molecule has 1 aromatic rings. The van der Waals surface area contributed by atoms with E-state index in [4.69, 9.17) is 0 Å². The number of halogens is 1. The molecule has 1 aromatic carbocycles. The zero-order valence-electron chi connectivity index (χ0n) is 13.1. The lowest BCUT2D eigenvalue weighted by Gasteiger charge is -2.26. The fraction of sp³-hybridized carbons (Fsp3) is 0.375. The zero-order valence-corrected chi connectivity index (χ0v) is 13.1. The second-order valence-electron chi connectivity index (χ2n) is 4.93. The van der Waals surface area contributed by atoms with Crippen LogP contribution in [0.25, 0.3) is 0 Å². The summed E-state index contributed by atoms with van der Waals surface area (Å²) in [6.45, 7) is 1.27. The van der Waals surface area contributed by atoms with Crippen LogP contribution in [-0.4, -0.2) is 37.7 Å². The number of esters is 2. The normalized spacial score (nSPS) is 10.8. The Hall–Kier alpha value is -2.57. The van der Waals surface area contributed by atoms with E-state index in [9.17, 15) is 23.6 Å². The molecule has 6 nitrogen and oxygen atoms in total. The second kappa shape index (κ2) is 7.62. The highest BCUT2D eigenvalue weighted by atomic mass is 19.1. The van der Waals surface area contributed by atoms with Gasteiger partial charge in [0.2, 0.25) is 5.41 Å². The summed E-state index contributed by atoms with van der Waals surface area (Å²) in [5, 5.41) is 0. The van der Waals surface area contributed by atoms with E-state index in [1.165, 1.54) is 6.92 Å². The van der Waals surface area contributed by atoms with E-state index in [1.54, 1.807) is 0 Å². The molecule has 0 aliphatic heterocycles. The monoisotopic (exact) mass is 324 g/mol. The van der Waals surface area contributed by atoms with Crippen molar-refractivity contribution < 1.29 is 33.0 Å². The first-order chi connectivity index (χ1) is 10.8. The average molecular weight is 324 g/mol. The van der Waals surface area contributed by atoms with Gasteiger partial charge in [-0.25, -0.2) is 4.39 Å². The maximum Gasteiger partial charge on any atom is 0.331 e. The molecule has 0 bridgehead atoms. The Morgan fingerprint density at radius 3 is 1.87 bits per heavy atom. The SMILES string of the molecule is COC(=O)C(CCC(C)=O)(C(=O)OC)C(=O)c1ccc(F)cc1. The number of ether oxygens (including phenoxy) is 2. The smallest absolute Gasteiger partial charge is 0.331 e. The molecule has 23 heavy (non-hydrogen) atoms. The number of Topliss-reactive ketones (excluding diaryl/α,β-unsaturated/α-hetero) is 2. The summed E-state index contributed by atoms with van der Waals surface area (Å²) in [7, 11) is 2.04. The highest BCUT2D eigenvalue weighted by molar-refractivity contribution is 6.25. The maximum atomic E-state index is 13.0. The lowest BCUT2D eigenvalue weighted by molar-refractivity contribution is -0.165. The third-order valence-electron chi connectivity index (χ3n) is 3.41. The fourth-order valence-electron chi connectivity index (χ4n) is 2.15. The van der Waals surface area contributed by atoms with Crippen LogP contribution in [-0.2, 0) is 23.9 Å². The molecule has 0 unspecified atom stereocenters. The number of carbonyl (C=O) groups is 4. The minimum absolute atomic E-state index is 0.0641. The predicted octanol–water partition coefficient (Wildman–Crippen LogP) is 1.71. The Kier molecular flexibility index (Phi) is 6.12. The molecule has 0 aliphatic carbocycles.